The van der Waals surface area contributed by atoms with Gasteiger partial charge >= 0.3 is 0 Å². The predicted molar refractivity (Wildman–Crippen MR) is 89.9 cm³/mol. The number of carbonyl (C=O) groups is 1. The number of rotatable bonds is 2. The standard InChI is InChI=1S/C20H25NO3/c1-23-14-4-5-15-13(11-14)3-6-17-18(15)24-10-9-21(17)19(22)16-12-20(16)7-2-8-20/h4-5,11,16-18H,2-3,6-10,12H2,1H3. The zero-order valence-electron chi connectivity index (χ0n) is 14.3. The molecule has 4 heteroatoms. The Labute approximate surface area is 143 Å². The number of ether oxygens (including phenoxy) is 2. The molecule has 3 aliphatic carbocycles. The number of fused-ring (bicyclic) bond motifs is 3. The summed E-state index contributed by atoms with van der Waals surface area (Å²) >= 11 is 0. The minimum Gasteiger partial charge on any atom is -0.497 e. The van der Waals surface area contributed by atoms with E-state index < -0.39 is 0 Å². The van der Waals surface area contributed by atoms with Crippen molar-refractivity contribution in [2.24, 2.45) is 11.3 Å². The lowest BCUT2D eigenvalue weighted by atomic mass is 9.79. The smallest absolute Gasteiger partial charge is 0.226 e. The first kappa shape index (κ1) is 14.8. The molecule has 24 heavy (non-hydrogen) atoms. The third-order valence-corrected chi connectivity index (χ3v) is 6.87. The van der Waals surface area contributed by atoms with Crippen molar-refractivity contribution >= 4 is 5.91 Å². The minimum absolute atomic E-state index is 0.0356. The van der Waals surface area contributed by atoms with Crippen LogP contribution in [0.2, 0.25) is 0 Å². The van der Waals surface area contributed by atoms with Gasteiger partial charge in [-0.2, -0.15) is 0 Å². The third kappa shape index (κ3) is 2.05. The van der Waals surface area contributed by atoms with E-state index in [0.29, 0.717) is 23.8 Å². The molecule has 2 saturated carbocycles. The van der Waals surface area contributed by atoms with Gasteiger partial charge in [-0.3, -0.25) is 4.79 Å². The number of carbonyl (C=O) groups excluding carboxylic acids is 1. The van der Waals surface area contributed by atoms with Crippen molar-refractivity contribution in [1.29, 1.82) is 0 Å². The molecule has 1 spiro atoms. The van der Waals surface area contributed by atoms with Crippen LogP contribution in [0.3, 0.4) is 0 Å². The van der Waals surface area contributed by atoms with Gasteiger partial charge in [-0.25, -0.2) is 0 Å². The molecule has 128 valence electrons. The maximum absolute atomic E-state index is 13.1. The summed E-state index contributed by atoms with van der Waals surface area (Å²) in [6.07, 6.45) is 7.01. The number of aryl methyl sites for hydroxylation is 1. The highest BCUT2D eigenvalue weighted by Gasteiger charge is 2.62. The summed E-state index contributed by atoms with van der Waals surface area (Å²) in [7, 11) is 1.71. The van der Waals surface area contributed by atoms with Crippen LogP contribution in [-0.4, -0.2) is 37.1 Å². The predicted octanol–water partition coefficient (Wildman–Crippen LogP) is 3.10. The summed E-state index contributed by atoms with van der Waals surface area (Å²) in [5, 5.41) is 0. The lowest BCUT2D eigenvalue weighted by molar-refractivity contribution is -0.151. The van der Waals surface area contributed by atoms with Gasteiger partial charge in [0.25, 0.3) is 0 Å². The van der Waals surface area contributed by atoms with Crippen molar-refractivity contribution in [2.75, 3.05) is 20.3 Å². The first-order valence-corrected chi connectivity index (χ1v) is 9.31. The van der Waals surface area contributed by atoms with Crippen molar-refractivity contribution in [3.05, 3.63) is 29.3 Å². The molecule has 1 heterocycles. The molecule has 0 aromatic heterocycles. The number of benzene rings is 1. The van der Waals surface area contributed by atoms with Crippen LogP contribution in [0.1, 0.15) is 49.3 Å². The fourth-order valence-electron chi connectivity index (χ4n) is 5.18. The second-order valence-electron chi connectivity index (χ2n) is 7.97. The maximum Gasteiger partial charge on any atom is 0.226 e. The Bertz CT molecular complexity index is 681. The van der Waals surface area contributed by atoms with E-state index in [-0.39, 0.29) is 12.1 Å². The van der Waals surface area contributed by atoms with Gasteiger partial charge in [0.05, 0.1) is 19.8 Å². The molecule has 3 atom stereocenters. The highest BCUT2D eigenvalue weighted by molar-refractivity contribution is 5.83. The van der Waals surface area contributed by atoms with Gasteiger partial charge in [-0.15, -0.1) is 0 Å². The minimum atomic E-state index is 0.0356. The lowest BCUT2D eigenvalue weighted by Crippen LogP contribution is -2.52. The van der Waals surface area contributed by atoms with E-state index in [4.69, 9.17) is 9.47 Å². The number of nitrogens with zero attached hydrogens (tertiary/aromatic N) is 1. The molecule has 3 fully saturated rings. The SMILES string of the molecule is COc1ccc2c(c1)CCC1C2OCCN1C(=O)C1CC12CCC2. The molecule has 0 N–H and O–H groups in total. The molecular weight excluding hydrogens is 302 g/mol. The van der Waals surface area contributed by atoms with Crippen LogP contribution in [0.4, 0.5) is 0 Å². The maximum atomic E-state index is 13.1. The Morgan fingerprint density at radius 3 is 2.96 bits per heavy atom. The molecule has 1 amide bonds. The van der Waals surface area contributed by atoms with E-state index in [1.807, 2.05) is 6.07 Å². The van der Waals surface area contributed by atoms with Crippen LogP contribution in [0.5, 0.6) is 5.75 Å². The van der Waals surface area contributed by atoms with E-state index in [2.05, 4.69) is 17.0 Å². The summed E-state index contributed by atoms with van der Waals surface area (Å²) < 4.78 is 11.5. The molecule has 1 aromatic carbocycles. The van der Waals surface area contributed by atoms with Gasteiger partial charge in [0, 0.05) is 12.5 Å². The average molecular weight is 327 g/mol. The summed E-state index contributed by atoms with van der Waals surface area (Å²) in [6, 6.07) is 6.48. The zero-order valence-corrected chi connectivity index (χ0v) is 14.3. The van der Waals surface area contributed by atoms with Crippen molar-refractivity contribution < 1.29 is 14.3 Å². The summed E-state index contributed by atoms with van der Waals surface area (Å²) in [6.45, 7) is 1.41. The Kier molecular flexibility index (Phi) is 3.21. The summed E-state index contributed by atoms with van der Waals surface area (Å²) in [5.41, 5.74) is 2.97. The van der Waals surface area contributed by atoms with Gasteiger partial charge in [-0.05, 0) is 60.8 Å². The molecule has 5 rings (SSSR count). The molecule has 0 bridgehead atoms. The fraction of sp³-hybridized carbons (Fsp3) is 0.650. The van der Waals surface area contributed by atoms with Crippen molar-refractivity contribution in [1.82, 2.24) is 4.90 Å². The van der Waals surface area contributed by atoms with E-state index in [9.17, 15) is 4.79 Å². The Balaban J connectivity index is 1.39. The average Bonchev–Trinajstić information content (AvgIpc) is 3.36. The summed E-state index contributed by atoms with van der Waals surface area (Å²) in [4.78, 5) is 15.3. The molecule has 4 nitrogen and oxygen atoms in total. The first-order valence-electron chi connectivity index (χ1n) is 9.31. The largest absolute Gasteiger partial charge is 0.497 e. The van der Waals surface area contributed by atoms with E-state index in [1.54, 1.807) is 7.11 Å². The molecule has 1 aliphatic heterocycles. The van der Waals surface area contributed by atoms with Crippen molar-refractivity contribution in [3.63, 3.8) is 0 Å². The highest BCUT2D eigenvalue weighted by atomic mass is 16.5. The normalized spacial score (nSPS) is 32.5. The number of methoxy groups -OCH3 is 1. The number of amides is 1. The van der Waals surface area contributed by atoms with Crippen LogP contribution in [0.15, 0.2) is 18.2 Å². The van der Waals surface area contributed by atoms with Crippen molar-refractivity contribution in [2.45, 2.75) is 50.7 Å². The number of morpholine rings is 1. The van der Waals surface area contributed by atoms with E-state index in [0.717, 1.165) is 31.6 Å². The number of hydrogen-bond donors (Lipinski definition) is 0. The second-order valence-corrected chi connectivity index (χ2v) is 7.97. The van der Waals surface area contributed by atoms with Gasteiger partial charge in [0.2, 0.25) is 5.91 Å². The Morgan fingerprint density at radius 1 is 1.38 bits per heavy atom. The van der Waals surface area contributed by atoms with Crippen LogP contribution in [0.25, 0.3) is 0 Å². The van der Waals surface area contributed by atoms with Gasteiger partial charge < -0.3 is 14.4 Å². The third-order valence-electron chi connectivity index (χ3n) is 6.87. The van der Waals surface area contributed by atoms with Crippen LogP contribution < -0.4 is 4.74 Å². The van der Waals surface area contributed by atoms with Crippen molar-refractivity contribution in [3.8, 4) is 5.75 Å². The number of hydrogen-bond acceptors (Lipinski definition) is 3. The topological polar surface area (TPSA) is 38.8 Å². The quantitative estimate of drug-likeness (QED) is 0.838. The highest BCUT2D eigenvalue weighted by Crippen LogP contribution is 2.66. The van der Waals surface area contributed by atoms with Gasteiger partial charge in [-0.1, -0.05) is 12.5 Å². The molecule has 4 aliphatic rings. The molecular formula is C20H25NO3. The van der Waals surface area contributed by atoms with Crippen LogP contribution in [-0.2, 0) is 16.0 Å². The molecule has 0 radical (unpaired) electrons. The zero-order chi connectivity index (χ0) is 16.3. The first-order chi connectivity index (χ1) is 11.7. The fourth-order valence-corrected chi connectivity index (χ4v) is 5.18. The van der Waals surface area contributed by atoms with Crippen LogP contribution in [0, 0.1) is 11.3 Å². The summed E-state index contributed by atoms with van der Waals surface area (Å²) in [5.74, 6) is 1.62. The molecule has 1 aromatic rings. The van der Waals surface area contributed by atoms with E-state index in [1.165, 1.54) is 30.4 Å². The Morgan fingerprint density at radius 2 is 2.25 bits per heavy atom. The molecule has 3 unspecified atom stereocenters. The Hall–Kier alpha value is -1.55. The van der Waals surface area contributed by atoms with Gasteiger partial charge in [0.15, 0.2) is 0 Å². The second kappa shape index (κ2) is 5.22. The molecule has 1 saturated heterocycles. The van der Waals surface area contributed by atoms with Gasteiger partial charge in [0.1, 0.15) is 11.9 Å². The van der Waals surface area contributed by atoms with E-state index >= 15 is 0 Å². The van der Waals surface area contributed by atoms with Crippen LogP contribution >= 0.6 is 0 Å². The lowest BCUT2D eigenvalue weighted by Gasteiger charge is -2.45. The monoisotopic (exact) mass is 327 g/mol.